The van der Waals surface area contributed by atoms with Gasteiger partial charge in [0.15, 0.2) is 0 Å². The van der Waals surface area contributed by atoms with E-state index in [1.165, 1.54) is 12.1 Å². The molecule has 0 unspecified atom stereocenters. The molecular formula is C17H20FN3O2S. The van der Waals surface area contributed by atoms with Gasteiger partial charge in [-0.2, -0.15) is 0 Å². The summed E-state index contributed by atoms with van der Waals surface area (Å²) in [5, 5.41) is 5.36. The minimum atomic E-state index is -0.245. The van der Waals surface area contributed by atoms with E-state index in [2.05, 4.69) is 20.6 Å². The third-order valence-corrected chi connectivity index (χ3v) is 5.01. The molecule has 0 radical (unpaired) electrons. The lowest BCUT2D eigenvalue weighted by Crippen LogP contribution is -2.31. The molecule has 0 spiro atoms. The Morgan fingerprint density at radius 2 is 2.04 bits per heavy atom. The highest BCUT2D eigenvalue weighted by molar-refractivity contribution is 7.07. The number of ether oxygens (including phenoxy) is 2. The van der Waals surface area contributed by atoms with Crippen LogP contribution in [0.3, 0.4) is 0 Å². The summed E-state index contributed by atoms with van der Waals surface area (Å²) in [6.07, 6.45) is 0.172. The number of nitrogens with one attached hydrogen (secondary N) is 1. The maximum atomic E-state index is 13.3. The van der Waals surface area contributed by atoms with Gasteiger partial charge in [-0.15, -0.1) is 11.3 Å². The van der Waals surface area contributed by atoms with E-state index in [4.69, 9.17) is 9.47 Å². The number of hydrogen-bond donors (Lipinski definition) is 1. The number of halogens is 1. The number of fused-ring (bicyclic) bond motifs is 1. The molecule has 0 saturated carbocycles. The lowest BCUT2D eigenvalue weighted by atomic mass is 10.2. The maximum Gasteiger partial charge on any atom is 0.125 e. The normalized spacial score (nSPS) is 25.4. The second-order valence-electron chi connectivity index (χ2n) is 6.27. The van der Waals surface area contributed by atoms with Gasteiger partial charge in [0.1, 0.15) is 5.82 Å². The average Bonchev–Trinajstić information content (AvgIpc) is 3.17. The Morgan fingerprint density at radius 3 is 2.71 bits per heavy atom. The average molecular weight is 349 g/mol. The topological polar surface area (TPSA) is 46.6 Å². The Labute approximate surface area is 144 Å². The number of nitrogens with zero attached hydrogens (tertiary/aromatic N) is 2. The summed E-state index contributed by atoms with van der Waals surface area (Å²) in [6, 6.07) is 6.50. The fraction of sp³-hybridized carbons (Fsp3) is 0.471. The van der Waals surface area contributed by atoms with Gasteiger partial charge in [0, 0.05) is 30.7 Å². The monoisotopic (exact) mass is 349 g/mol. The number of likely N-dealkylation sites (tertiary alicyclic amines) is 1. The lowest BCUT2D eigenvalue weighted by molar-refractivity contribution is -0.00461. The van der Waals surface area contributed by atoms with Crippen LogP contribution in [0.5, 0.6) is 0 Å². The zero-order valence-electron chi connectivity index (χ0n) is 13.2. The second kappa shape index (κ2) is 7.14. The summed E-state index contributed by atoms with van der Waals surface area (Å²) in [5.41, 5.74) is 3.71. The van der Waals surface area contributed by atoms with E-state index in [9.17, 15) is 4.39 Å². The highest BCUT2D eigenvalue weighted by atomic mass is 32.1. The number of hydrogen-bond acceptors (Lipinski definition) is 6. The Bertz CT molecular complexity index is 654. The van der Waals surface area contributed by atoms with Crippen LogP contribution in [-0.2, 0) is 16.0 Å². The van der Waals surface area contributed by atoms with Crippen LogP contribution in [0.1, 0.15) is 5.69 Å². The molecule has 5 nitrogen and oxygen atoms in total. The first kappa shape index (κ1) is 16.0. The minimum absolute atomic E-state index is 0.0318. The molecular weight excluding hydrogens is 329 g/mol. The zero-order valence-corrected chi connectivity index (χ0v) is 14.0. The van der Waals surface area contributed by atoms with Crippen LogP contribution in [0.25, 0.3) is 0 Å². The molecule has 3 heterocycles. The predicted molar refractivity (Wildman–Crippen MR) is 90.7 cm³/mol. The maximum absolute atomic E-state index is 13.3. The molecule has 2 aliphatic heterocycles. The summed E-state index contributed by atoms with van der Waals surface area (Å²) in [6.45, 7) is 3.67. The third-order valence-electron chi connectivity index (χ3n) is 4.38. The van der Waals surface area contributed by atoms with Crippen molar-refractivity contribution >= 4 is 17.0 Å². The lowest BCUT2D eigenvalue weighted by Gasteiger charge is -2.19. The Balaban J connectivity index is 1.31. The number of anilines is 1. The fourth-order valence-electron chi connectivity index (χ4n) is 3.24. The van der Waals surface area contributed by atoms with E-state index >= 15 is 0 Å². The molecule has 0 bridgehead atoms. The Morgan fingerprint density at radius 1 is 1.25 bits per heavy atom. The molecule has 2 fully saturated rings. The molecule has 1 aromatic carbocycles. The molecule has 2 saturated heterocycles. The fourth-order valence-corrected chi connectivity index (χ4v) is 3.79. The standard InChI is InChI=1S/C17H20FN3O2S/c18-12-2-1-3-13(4-12)20-15-8-22-16-6-21(7-17(16)23-9-15)5-14-10-24-11-19-14/h1-4,10-11,15-17,20H,5-9H2/t16-,17-/m0/s1. The molecule has 0 amide bonds. The molecule has 1 aromatic heterocycles. The highest BCUT2D eigenvalue weighted by Crippen LogP contribution is 2.23. The molecule has 128 valence electrons. The van der Waals surface area contributed by atoms with Gasteiger partial charge in [-0.25, -0.2) is 9.37 Å². The van der Waals surface area contributed by atoms with Crippen LogP contribution in [0, 0.1) is 5.82 Å². The van der Waals surface area contributed by atoms with E-state index in [0.717, 1.165) is 31.0 Å². The van der Waals surface area contributed by atoms with Crippen LogP contribution in [-0.4, -0.2) is 54.4 Å². The first-order valence-corrected chi connectivity index (χ1v) is 9.05. The van der Waals surface area contributed by atoms with Gasteiger partial charge in [0.25, 0.3) is 0 Å². The van der Waals surface area contributed by atoms with Crippen LogP contribution in [0.15, 0.2) is 35.2 Å². The molecule has 1 N–H and O–H groups in total. The quantitative estimate of drug-likeness (QED) is 0.918. The van der Waals surface area contributed by atoms with E-state index < -0.39 is 0 Å². The number of rotatable bonds is 4. The van der Waals surface area contributed by atoms with E-state index in [1.807, 2.05) is 11.6 Å². The van der Waals surface area contributed by atoms with Gasteiger partial charge in [-0.3, -0.25) is 4.90 Å². The first-order chi connectivity index (χ1) is 11.8. The molecule has 2 aromatic rings. The summed E-state index contributed by atoms with van der Waals surface area (Å²) in [4.78, 5) is 6.66. The van der Waals surface area contributed by atoms with E-state index in [0.29, 0.717) is 13.2 Å². The van der Waals surface area contributed by atoms with Crippen molar-refractivity contribution in [3.63, 3.8) is 0 Å². The van der Waals surface area contributed by atoms with Crippen LogP contribution in [0.4, 0.5) is 10.1 Å². The van der Waals surface area contributed by atoms with Gasteiger partial charge in [-0.1, -0.05) is 6.07 Å². The van der Waals surface area contributed by atoms with Gasteiger partial charge in [0.05, 0.1) is 42.7 Å². The molecule has 2 aliphatic rings. The number of benzene rings is 1. The predicted octanol–water partition coefficient (Wildman–Crippen LogP) is 2.36. The van der Waals surface area contributed by atoms with Gasteiger partial charge < -0.3 is 14.8 Å². The van der Waals surface area contributed by atoms with Crippen molar-refractivity contribution in [2.24, 2.45) is 0 Å². The molecule has 7 heteroatoms. The first-order valence-electron chi connectivity index (χ1n) is 8.11. The summed E-state index contributed by atoms with van der Waals surface area (Å²) < 4.78 is 25.4. The minimum Gasteiger partial charge on any atom is -0.378 e. The van der Waals surface area contributed by atoms with Crippen molar-refractivity contribution in [2.45, 2.75) is 24.8 Å². The van der Waals surface area contributed by atoms with Crippen LogP contribution in [0.2, 0.25) is 0 Å². The summed E-state index contributed by atoms with van der Waals surface area (Å²) in [5.74, 6) is -0.245. The van der Waals surface area contributed by atoms with E-state index in [-0.39, 0.29) is 24.1 Å². The number of aromatic nitrogens is 1. The zero-order chi connectivity index (χ0) is 16.4. The SMILES string of the molecule is Fc1cccc(NC2CO[C@H]3CN(Cc4cscn4)C[C@@H]3OC2)c1. The van der Waals surface area contributed by atoms with Crippen molar-refractivity contribution < 1.29 is 13.9 Å². The Kier molecular flexibility index (Phi) is 4.75. The van der Waals surface area contributed by atoms with Crippen molar-refractivity contribution in [3.05, 3.63) is 46.7 Å². The molecule has 24 heavy (non-hydrogen) atoms. The molecule has 4 rings (SSSR count). The van der Waals surface area contributed by atoms with Gasteiger partial charge in [0.2, 0.25) is 0 Å². The molecule has 2 atom stereocenters. The van der Waals surface area contributed by atoms with Crippen molar-refractivity contribution in [3.8, 4) is 0 Å². The van der Waals surface area contributed by atoms with Crippen LogP contribution < -0.4 is 5.32 Å². The van der Waals surface area contributed by atoms with Crippen molar-refractivity contribution in [1.29, 1.82) is 0 Å². The van der Waals surface area contributed by atoms with E-state index in [1.54, 1.807) is 17.4 Å². The second-order valence-corrected chi connectivity index (χ2v) is 6.99. The Hall–Kier alpha value is -1.54. The summed E-state index contributed by atoms with van der Waals surface area (Å²) in [7, 11) is 0. The summed E-state index contributed by atoms with van der Waals surface area (Å²) >= 11 is 1.62. The van der Waals surface area contributed by atoms with Gasteiger partial charge in [-0.05, 0) is 18.2 Å². The smallest absolute Gasteiger partial charge is 0.125 e. The third kappa shape index (κ3) is 3.75. The highest BCUT2D eigenvalue weighted by Gasteiger charge is 2.37. The van der Waals surface area contributed by atoms with Crippen LogP contribution >= 0.6 is 11.3 Å². The molecule has 0 aliphatic carbocycles. The number of thiazole rings is 1. The largest absolute Gasteiger partial charge is 0.378 e. The van der Waals surface area contributed by atoms with Gasteiger partial charge >= 0.3 is 0 Å². The van der Waals surface area contributed by atoms with Crippen molar-refractivity contribution in [2.75, 3.05) is 31.6 Å². The van der Waals surface area contributed by atoms with Crippen molar-refractivity contribution in [1.82, 2.24) is 9.88 Å².